The van der Waals surface area contributed by atoms with Crippen LogP contribution in [0.4, 0.5) is 0 Å². The van der Waals surface area contributed by atoms with E-state index in [1.807, 2.05) is 0 Å². The molecule has 0 saturated heterocycles. The molecule has 0 aromatic carbocycles. The molecule has 62 valence electrons. The minimum Gasteiger partial charge on any atom is -0.466 e. The van der Waals surface area contributed by atoms with E-state index in [9.17, 15) is 9.59 Å². The summed E-state index contributed by atoms with van der Waals surface area (Å²) in [7, 11) is 2.40. The molecular weight excluding hydrogens is 168 g/mol. The smallest absolute Gasteiger partial charge is 0.344 e. The summed E-state index contributed by atoms with van der Waals surface area (Å²) < 4.78 is 8.51. The molecule has 0 unspecified atom stereocenters. The molecule has 0 rings (SSSR count). The summed E-state index contributed by atoms with van der Waals surface area (Å²) >= 11 is 3.68. The van der Waals surface area contributed by atoms with Crippen LogP contribution in [-0.4, -0.2) is 26.2 Å². The number of carbonyl (C=O) groups excluding carboxylic acids is 2. The number of esters is 2. The highest BCUT2D eigenvalue weighted by atomic mass is 32.1. The Kier molecular flexibility index (Phi) is 4.36. The van der Waals surface area contributed by atoms with Crippen molar-refractivity contribution in [3.8, 4) is 0 Å². The molecule has 0 N–H and O–H groups in total. The molecule has 0 fully saturated rings. The molecule has 5 heteroatoms. The van der Waals surface area contributed by atoms with Gasteiger partial charge < -0.3 is 9.47 Å². The molecule has 0 bridgehead atoms. The third-order valence-electron chi connectivity index (χ3n) is 0.850. The van der Waals surface area contributed by atoms with Crippen LogP contribution in [0.25, 0.3) is 0 Å². The highest BCUT2D eigenvalue weighted by Crippen LogP contribution is 2.02. The van der Waals surface area contributed by atoms with Crippen LogP contribution in [0.15, 0.2) is 11.0 Å². The quantitative estimate of drug-likeness (QED) is 0.369. The molecule has 0 amide bonds. The highest BCUT2D eigenvalue weighted by Gasteiger charge is 2.06. The highest BCUT2D eigenvalue weighted by molar-refractivity contribution is 7.85. The zero-order chi connectivity index (χ0) is 8.85. The first-order valence-electron chi connectivity index (χ1n) is 2.68. The van der Waals surface area contributed by atoms with Crippen molar-refractivity contribution < 1.29 is 19.1 Å². The largest absolute Gasteiger partial charge is 0.466 e. The zero-order valence-electron chi connectivity index (χ0n) is 6.16. The summed E-state index contributed by atoms with van der Waals surface area (Å²) in [4.78, 5) is 21.0. The summed E-state index contributed by atoms with van der Waals surface area (Å²) in [5.41, 5.74) is 0. The van der Waals surface area contributed by atoms with Crippen molar-refractivity contribution >= 4 is 24.6 Å². The van der Waals surface area contributed by atoms with E-state index in [0.29, 0.717) is 0 Å². The van der Waals surface area contributed by atoms with Gasteiger partial charge in [0.2, 0.25) is 0 Å². The van der Waals surface area contributed by atoms with Gasteiger partial charge in [-0.1, -0.05) is 0 Å². The SMILES string of the molecule is COC(=O)/C=C(\S)C(=O)OC. The van der Waals surface area contributed by atoms with Crippen molar-refractivity contribution in [2.45, 2.75) is 0 Å². The Morgan fingerprint density at radius 3 is 2.18 bits per heavy atom. The van der Waals surface area contributed by atoms with Gasteiger partial charge in [-0.2, -0.15) is 0 Å². The van der Waals surface area contributed by atoms with Crippen molar-refractivity contribution in [2.24, 2.45) is 0 Å². The van der Waals surface area contributed by atoms with Crippen LogP contribution in [0.3, 0.4) is 0 Å². The Morgan fingerprint density at radius 2 is 1.82 bits per heavy atom. The molecule has 11 heavy (non-hydrogen) atoms. The van der Waals surface area contributed by atoms with Gasteiger partial charge in [-0.25, -0.2) is 9.59 Å². The van der Waals surface area contributed by atoms with E-state index in [4.69, 9.17) is 0 Å². The topological polar surface area (TPSA) is 52.6 Å². The van der Waals surface area contributed by atoms with Crippen LogP contribution in [0.5, 0.6) is 0 Å². The molecule has 0 radical (unpaired) electrons. The van der Waals surface area contributed by atoms with Gasteiger partial charge in [-0.05, 0) is 0 Å². The van der Waals surface area contributed by atoms with Crippen LogP contribution in [0, 0.1) is 0 Å². The van der Waals surface area contributed by atoms with E-state index >= 15 is 0 Å². The number of thiol groups is 1. The minimum absolute atomic E-state index is 0.0839. The maximum Gasteiger partial charge on any atom is 0.344 e. The van der Waals surface area contributed by atoms with Crippen LogP contribution in [0.2, 0.25) is 0 Å². The lowest BCUT2D eigenvalue weighted by molar-refractivity contribution is -0.137. The monoisotopic (exact) mass is 176 g/mol. The predicted molar refractivity (Wildman–Crippen MR) is 41.1 cm³/mol. The third-order valence-corrected chi connectivity index (χ3v) is 1.16. The van der Waals surface area contributed by atoms with Gasteiger partial charge in [0.15, 0.2) is 0 Å². The van der Waals surface area contributed by atoms with Crippen molar-refractivity contribution in [2.75, 3.05) is 14.2 Å². The number of ether oxygens (including phenoxy) is 2. The first kappa shape index (κ1) is 10.0. The number of rotatable bonds is 2. The Morgan fingerprint density at radius 1 is 1.27 bits per heavy atom. The molecule has 0 aromatic heterocycles. The predicted octanol–water partition coefficient (Wildman–Crippen LogP) is 0.146. The average Bonchev–Trinajstić information content (AvgIpc) is 2.02. The fourth-order valence-electron chi connectivity index (χ4n) is 0.334. The Bertz CT molecular complexity index is 197. The maximum atomic E-state index is 10.6. The number of hydrogen-bond donors (Lipinski definition) is 1. The van der Waals surface area contributed by atoms with Gasteiger partial charge in [0, 0.05) is 6.08 Å². The van der Waals surface area contributed by atoms with E-state index in [1.54, 1.807) is 0 Å². The number of carbonyl (C=O) groups is 2. The lowest BCUT2D eigenvalue weighted by atomic mass is 10.5. The second-order valence-corrected chi connectivity index (χ2v) is 2.03. The number of hydrogen-bond acceptors (Lipinski definition) is 5. The van der Waals surface area contributed by atoms with Crippen molar-refractivity contribution in [1.82, 2.24) is 0 Å². The lowest BCUT2D eigenvalue weighted by Gasteiger charge is -1.95. The van der Waals surface area contributed by atoms with Gasteiger partial charge in [0.1, 0.15) is 0 Å². The van der Waals surface area contributed by atoms with Crippen LogP contribution >= 0.6 is 12.6 Å². The summed E-state index contributed by atoms with van der Waals surface area (Å²) in [5, 5.41) is 0. The van der Waals surface area contributed by atoms with E-state index < -0.39 is 11.9 Å². The lowest BCUT2D eigenvalue weighted by Crippen LogP contribution is -2.03. The molecule has 0 aliphatic rings. The molecule has 4 nitrogen and oxygen atoms in total. The average molecular weight is 176 g/mol. The molecule has 0 spiro atoms. The third kappa shape index (κ3) is 3.67. The van der Waals surface area contributed by atoms with E-state index in [0.717, 1.165) is 6.08 Å². The fraction of sp³-hybridized carbons (Fsp3) is 0.333. The second kappa shape index (κ2) is 4.79. The Balaban J connectivity index is 4.21. The minimum atomic E-state index is -0.668. The second-order valence-electron chi connectivity index (χ2n) is 1.54. The fourth-order valence-corrected chi connectivity index (χ4v) is 0.531. The van der Waals surface area contributed by atoms with Crippen LogP contribution in [0.1, 0.15) is 0 Å². The normalized spacial score (nSPS) is 10.6. The molecule has 0 aromatic rings. The van der Waals surface area contributed by atoms with Gasteiger partial charge in [-0.15, -0.1) is 12.6 Å². The number of methoxy groups -OCH3 is 2. The summed E-state index contributed by atoms with van der Waals surface area (Å²) in [5.74, 6) is -1.31. The Hall–Kier alpha value is -0.970. The molecule has 0 aliphatic carbocycles. The summed E-state index contributed by atoms with van der Waals surface area (Å²) in [6, 6.07) is 0. The van der Waals surface area contributed by atoms with Gasteiger partial charge in [0.25, 0.3) is 0 Å². The van der Waals surface area contributed by atoms with Gasteiger partial charge in [0.05, 0.1) is 19.1 Å². The van der Waals surface area contributed by atoms with E-state index in [2.05, 4.69) is 22.1 Å². The van der Waals surface area contributed by atoms with Crippen molar-refractivity contribution in [1.29, 1.82) is 0 Å². The molecule has 0 heterocycles. The molecular formula is C6H8O4S. The molecule has 0 saturated carbocycles. The first-order chi connectivity index (χ1) is 5.11. The van der Waals surface area contributed by atoms with Crippen LogP contribution in [-0.2, 0) is 19.1 Å². The summed E-state index contributed by atoms with van der Waals surface area (Å²) in [6.45, 7) is 0. The van der Waals surface area contributed by atoms with Crippen LogP contribution < -0.4 is 0 Å². The summed E-state index contributed by atoms with van der Waals surface area (Å²) in [6.07, 6.45) is 0.939. The van der Waals surface area contributed by atoms with E-state index in [-0.39, 0.29) is 4.91 Å². The standard InChI is InChI=1S/C6H8O4S/c1-9-5(7)3-4(11)6(8)10-2/h3,11H,1-2H3/b4-3-. The van der Waals surface area contributed by atoms with Gasteiger partial charge >= 0.3 is 11.9 Å². The maximum absolute atomic E-state index is 10.6. The molecule has 0 atom stereocenters. The van der Waals surface area contributed by atoms with E-state index in [1.165, 1.54) is 14.2 Å². The molecule has 0 aliphatic heterocycles. The van der Waals surface area contributed by atoms with Crippen molar-refractivity contribution in [3.63, 3.8) is 0 Å². The van der Waals surface area contributed by atoms with Gasteiger partial charge in [-0.3, -0.25) is 0 Å². The first-order valence-corrected chi connectivity index (χ1v) is 3.13. The van der Waals surface area contributed by atoms with Crippen molar-refractivity contribution in [3.05, 3.63) is 11.0 Å². The Labute approximate surface area is 69.6 Å². The zero-order valence-corrected chi connectivity index (χ0v) is 7.05.